The number of phenols is 1. The van der Waals surface area contributed by atoms with Crippen molar-refractivity contribution in [1.82, 2.24) is 9.47 Å². The summed E-state index contributed by atoms with van der Waals surface area (Å²) in [5.41, 5.74) is 1.02. The van der Waals surface area contributed by atoms with E-state index in [-0.39, 0.29) is 35.6 Å². The number of amides is 2. The summed E-state index contributed by atoms with van der Waals surface area (Å²) in [4.78, 5) is 26.8. The fourth-order valence-corrected chi connectivity index (χ4v) is 4.63. The fourth-order valence-electron chi connectivity index (χ4n) is 4.63. The van der Waals surface area contributed by atoms with Crippen LogP contribution in [0.1, 0.15) is 65.7 Å². The molecule has 1 aliphatic rings. The summed E-state index contributed by atoms with van der Waals surface area (Å²) < 4.78 is 42.1. The summed E-state index contributed by atoms with van der Waals surface area (Å²) in [5, 5.41) is 12.7. The largest absolute Gasteiger partial charge is 0.508 e. The van der Waals surface area contributed by atoms with Gasteiger partial charge in [-0.1, -0.05) is 30.3 Å². The molecule has 1 saturated heterocycles. The Kier molecular flexibility index (Phi) is 7.61. The SMILES string of the molecule is CC(C)n1cc(C(=O)N2CCC(c3ccc(NC(=O)Cc4ccccc4O)cc3)CC2)c(C(F)(F)F)c1. The third-order valence-electron chi connectivity index (χ3n) is 6.77. The number of nitrogens with zero attached hydrogens (tertiary/aromatic N) is 2. The average Bonchev–Trinajstić information content (AvgIpc) is 3.32. The van der Waals surface area contributed by atoms with E-state index in [1.165, 1.54) is 21.7 Å². The van der Waals surface area contributed by atoms with E-state index in [0.717, 1.165) is 11.8 Å². The van der Waals surface area contributed by atoms with Gasteiger partial charge in [0.05, 0.1) is 17.5 Å². The van der Waals surface area contributed by atoms with Gasteiger partial charge < -0.3 is 19.9 Å². The molecule has 2 heterocycles. The summed E-state index contributed by atoms with van der Waals surface area (Å²) >= 11 is 0. The topological polar surface area (TPSA) is 74.6 Å². The molecule has 6 nitrogen and oxygen atoms in total. The van der Waals surface area contributed by atoms with Gasteiger partial charge in [-0.15, -0.1) is 0 Å². The lowest BCUT2D eigenvalue weighted by Gasteiger charge is -2.32. The van der Waals surface area contributed by atoms with E-state index in [0.29, 0.717) is 37.2 Å². The fraction of sp³-hybridized carbons (Fsp3) is 0.357. The second-order valence-corrected chi connectivity index (χ2v) is 9.67. The zero-order valence-electron chi connectivity index (χ0n) is 20.8. The van der Waals surface area contributed by atoms with Crippen LogP contribution in [0.4, 0.5) is 18.9 Å². The molecule has 2 N–H and O–H groups in total. The zero-order chi connectivity index (χ0) is 26.7. The highest BCUT2D eigenvalue weighted by atomic mass is 19.4. The second-order valence-electron chi connectivity index (χ2n) is 9.67. The number of halogens is 3. The minimum atomic E-state index is -4.60. The monoisotopic (exact) mass is 513 g/mol. The van der Waals surface area contributed by atoms with E-state index in [1.54, 1.807) is 44.2 Å². The highest BCUT2D eigenvalue weighted by Gasteiger charge is 2.38. The Balaban J connectivity index is 1.35. The number of para-hydroxylation sites is 1. The van der Waals surface area contributed by atoms with Crippen molar-refractivity contribution in [2.45, 2.75) is 51.2 Å². The van der Waals surface area contributed by atoms with Gasteiger partial charge in [0.2, 0.25) is 5.91 Å². The number of benzene rings is 2. The van der Waals surface area contributed by atoms with E-state index in [9.17, 15) is 27.9 Å². The zero-order valence-corrected chi connectivity index (χ0v) is 20.8. The first-order valence-electron chi connectivity index (χ1n) is 12.3. The Bertz CT molecular complexity index is 1260. The highest BCUT2D eigenvalue weighted by molar-refractivity contribution is 5.96. The number of piperidine rings is 1. The number of carbonyl (C=O) groups is 2. The molecule has 0 saturated carbocycles. The van der Waals surface area contributed by atoms with Gasteiger partial charge in [-0.3, -0.25) is 9.59 Å². The van der Waals surface area contributed by atoms with Crippen LogP contribution in [-0.4, -0.2) is 39.5 Å². The van der Waals surface area contributed by atoms with Gasteiger partial charge in [0, 0.05) is 42.8 Å². The number of likely N-dealkylation sites (tertiary alicyclic amines) is 1. The molecule has 2 aromatic carbocycles. The van der Waals surface area contributed by atoms with Crippen molar-refractivity contribution in [3.05, 3.63) is 83.2 Å². The van der Waals surface area contributed by atoms with E-state index >= 15 is 0 Å². The first-order valence-corrected chi connectivity index (χ1v) is 12.3. The summed E-state index contributed by atoms with van der Waals surface area (Å²) in [6, 6.07) is 13.9. The lowest BCUT2D eigenvalue weighted by Crippen LogP contribution is -2.38. The van der Waals surface area contributed by atoms with Crippen molar-refractivity contribution >= 4 is 17.5 Å². The Labute approximate surface area is 213 Å². The number of aromatic hydroxyl groups is 1. The third-order valence-corrected chi connectivity index (χ3v) is 6.77. The molecule has 3 aromatic rings. The van der Waals surface area contributed by atoms with E-state index in [4.69, 9.17) is 0 Å². The van der Waals surface area contributed by atoms with Crippen molar-refractivity contribution in [3.8, 4) is 5.75 Å². The van der Waals surface area contributed by atoms with E-state index in [2.05, 4.69) is 5.32 Å². The van der Waals surface area contributed by atoms with Gasteiger partial charge in [0.15, 0.2) is 0 Å². The van der Waals surface area contributed by atoms with Crippen molar-refractivity contribution < 1.29 is 27.9 Å². The first-order chi connectivity index (χ1) is 17.5. The van der Waals surface area contributed by atoms with Gasteiger partial charge in [0.1, 0.15) is 5.75 Å². The number of carbonyl (C=O) groups excluding carboxylic acids is 2. The number of anilines is 1. The molecule has 0 aliphatic carbocycles. The standard InChI is InChI=1S/C28H30F3N3O3/c1-18(2)34-16-23(24(17-34)28(29,30)31)27(37)33-13-11-20(12-14-33)19-7-9-22(10-8-19)32-26(36)15-21-5-3-4-6-25(21)35/h3-10,16-18,20,35H,11-15H2,1-2H3,(H,32,36). The van der Waals surface area contributed by atoms with Crippen LogP contribution in [0.25, 0.3) is 0 Å². The number of rotatable bonds is 6. The summed E-state index contributed by atoms with van der Waals surface area (Å²) in [6.07, 6.45) is -0.963. The Hall–Kier alpha value is -3.75. The molecule has 37 heavy (non-hydrogen) atoms. The quantitative estimate of drug-likeness (QED) is 0.425. The van der Waals surface area contributed by atoms with Gasteiger partial charge in [0.25, 0.3) is 5.91 Å². The van der Waals surface area contributed by atoms with E-state index < -0.39 is 17.6 Å². The van der Waals surface area contributed by atoms with Crippen LogP contribution in [-0.2, 0) is 17.4 Å². The van der Waals surface area contributed by atoms with Crippen LogP contribution >= 0.6 is 0 Å². The van der Waals surface area contributed by atoms with Crippen molar-refractivity contribution in [2.75, 3.05) is 18.4 Å². The predicted octanol–water partition coefficient (Wildman–Crippen LogP) is 5.99. The van der Waals surface area contributed by atoms with Crippen LogP contribution in [0.3, 0.4) is 0 Å². The molecular weight excluding hydrogens is 483 g/mol. The molecule has 196 valence electrons. The summed E-state index contributed by atoms with van der Waals surface area (Å²) in [5.74, 6) is -0.597. The van der Waals surface area contributed by atoms with Crippen LogP contribution < -0.4 is 5.32 Å². The molecule has 1 aliphatic heterocycles. The number of nitrogens with one attached hydrogen (secondary N) is 1. The number of hydrogen-bond donors (Lipinski definition) is 2. The molecule has 0 spiro atoms. The maximum Gasteiger partial charge on any atom is 0.418 e. The summed E-state index contributed by atoms with van der Waals surface area (Å²) in [7, 11) is 0. The second kappa shape index (κ2) is 10.7. The number of hydrogen-bond acceptors (Lipinski definition) is 3. The van der Waals surface area contributed by atoms with Crippen molar-refractivity contribution in [2.24, 2.45) is 0 Å². The minimum absolute atomic E-state index is 0.0531. The number of alkyl halides is 3. The Morgan fingerprint density at radius 1 is 1.03 bits per heavy atom. The van der Waals surface area contributed by atoms with E-state index in [1.807, 2.05) is 12.1 Å². The predicted molar refractivity (Wildman–Crippen MR) is 135 cm³/mol. The van der Waals surface area contributed by atoms with Gasteiger partial charge in [-0.25, -0.2) is 0 Å². The third kappa shape index (κ3) is 6.15. The van der Waals surface area contributed by atoms with Crippen molar-refractivity contribution in [1.29, 1.82) is 0 Å². The van der Waals surface area contributed by atoms with Gasteiger partial charge in [-0.05, 0) is 56.4 Å². The maximum atomic E-state index is 13.6. The minimum Gasteiger partial charge on any atom is -0.508 e. The molecular formula is C28H30F3N3O3. The lowest BCUT2D eigenvalue weighted by atomic mass is 9.89. The molecule has 2 amide bonds. The van der Waals surface area contributed by atoms with Gasteiger partial charge in [-0.2, -0.15) is 13.2 Å². The Morgan fingerprint density at radius 2 is 1.68 bits per heavy atom. The van der Waals surface area contributed by atoms with Crippen LogP contribution in [0.5, 0.6) is 5.75 Å². The van der Waals surface area contributed by atoms with Crippen LogP contribution in [0, 0.1) is 0 Å². The molecule has 0 bridgehead atoms. The number of phenolic OH excluding ortho intramolecular Hbond substituents is 1. The average molecular weight is 514 g/mol. The number of aromatic nitrogens is 1. The van der Waals surface area contributed by atoms with Crippen LogP contribution in [0.2, 0.25) is 0 Å². The molecule has 0 unspecified atom stereocenters. The molecule has 0 atom stereocenters. The Morgan fingerprint density at radius 3 is 2.27 bits per heavy atom. The lowest BCUT2D eigenvalue weighted by molar-refractivity contribution is -0.138. The van der Waals surface area contributed by atoms with Crippen LogP contribution in [0.15, 0.2) is 60.9 Å². The molecule has 0 radical (unpaired) electrons. The first kappa shape index (κ1) is 26.3. The van der Waals surface area contributed by atoms with Crippen molar-refractivity contribution in [3.63, 3.8) is 0 Å². The summed E-state index contributed by atoms with van der Waals surface area (Å²) in [6.45, 7) is 4.27. The smallest absolute Gasteiger partial charge is 0.418 e. The molecule has 1 aromatic heterocycles. The molecule has 9 heteroatoms. The highest BCUT2D eigenvalue weighted by Crippen LogP contribution is 2.35. The molecule has 4 rings (SSSR count). The normalized spacial score (nSPS) is 14.7. The maximum absolute atomic E-state index is 13.6. The van der Waals surface area contributed by atoms with Gasteiger partial charge >= 0.3 is 6.18 Å². The molecule has 1 fully saturated rings.